The first-order chi connectivity index (χ1) is 14.7. The van der Waals surface area contributed by atoms with Crippen molar-refractivity contribution in [2.24, 2.45) is 5.92 Å². The van der Waals surface area contributed by atoms with Crippen LogP contribution in [-0.2, 0) is 21.9 Å². The van der Waals surface area contributed by atoms with Gasteiger partial charge in [0, 0.05) is 18.8 Å². The maximum atomic E-state index is 13.1. The Labute approximate surface area is 191 Å². The predicted octanol–water partition coefficient (Wildman–Crippen LogP) is 5.03. The molecule has 0 aliphatic rings. The minimum absolute atomic E-state index is 0.0119. The van der Waals surface area contributed by atoms with Crippen molar-refractivity contribution in [2.75, 3.05) is 12.3 Å². The van der Waals surface area contributed by atoms with Gasteiger partial charge in [0.2, 0.25) is 11.8 Å². The number of nitrogens with one attached hydrogen (secondary N) is 1. The van der Waals surface area contributed by atoms with Gasteiger partial charge in [-0.2, -0.15) is 0 Å². The number of carbonyl (C=O) groups is 2. The summed E-state index contributed by atoms with van der Waals surface area (Å²) in [6.45, 7) is 13.2. The Balaban J connectivity index is 2.06. The zero-order chi connectivity index (χ0) is 23.0. The van der Waals surface area contributed by atoms with E-state index in [1.165, 1.54) is 22.3 Å². The Morgan fingerprint density at radius 3 is 2.10 bits per heavy atom. The van der Waals surface area contributed by atoms with Gasteiger partial charge < -0.3 is 10.2 Å². The van der Waals surface area contributed by atoms with Gasteiger partial charge in [-0.3, -0.25) is 9.59 Å². The molecule has 0 aliphatic carbocycles. The molecule has 2 aromatic rings. The van der Waals surface area contributed by atoms with E-state index in [0.29, 0.717) is 24.8 Å². The fourth-order valence-corrected chi connectivity index (χ4v) is 4.26. The van der Waals surface area contributed by atoms with Crippen molar-refractivity contribution in [3.05, 3.63) is 70.3 Å². The number of carbonyl (C=O) groups excluding carboxylic acids is 2. The van der Waals surface area contributed by atoms with E-state index in [2.05, 4.69) is 51.2 Å². The first-order valence-electron chi connectivity index (χ1n) is 10.9. The molecule has 168 valence electrons. The molecule has 2 rings (SSSR count). The Kier molecular flexibility index (Phi) is 9.63. The molecule has 0 saturated heterocycles. The van der Waals surface area contributed by atoms with Crippen molar-refractivity contribution >= 4 is 23.6 Å². The monoisotopic (exact) mass is 440 g/mol. The molecule has 0 spiro atoms. The fraction of sp³-hybridized carbons (Fsp3) is 0.462. The van der Waals surface area contributed by atoms with Crippen LogP contribution < -0.4 is 5.32 Å². The number of aryl methyl sites for hydroxylation is 3. The topological polar surface area (TPSA) is 49.4 Å². The van der Waals surface area contributed by atoms with Gasteiger partial charge in [-0.15, -0.1) is 11.8 Å². The molecule has 0 unspecified atom stereocenters. The Morgan fingerprint density at radius 2 is 1.52 bits per heavy atom. The molecule has 0 fully saturated rings. The zero-order valence-electron chi connectivity index (χ0n) is 19.7. The first-order valence-corrected chi connectivity index (χ1v) is 12.1. The van der Waals surface area contributed by atoms with E-state index < -0.39 is 6.04 Å². The minimum Gasteiger partial charge on any atom is -0.354 e. The maximum absolute atomic E-state index is 13.1. The van der Waals surface area contributed by atoms with Crippen LogP contribution in [0.1, 0.15) is 48.6 Å². The van der Waals surface area contributed by atoms with Gasteiger partial charge in [-0.25, -0.2) is 0 Å². The minimum atomic E-state index is -0.519. The molecule has 1 N–H and O–H groups in total. The molecule has 0 heterocycles. The summed E-state index contributed by atoms with van der Waals surface area (Å²) >= 11 is 1.60. The third-order valence-corrected chi connectivity index (χ3v) is 6.09. The summed E-state index contributed by atoms with van der Waals surface area (Å²) in [6, 6.07) is 14.1. The second kappa shape index (κ2) is 11.9. The molecule has 2 amide bonds. The number of hydrogen-bond donors (Lipinski definition) is 1. The average molecular weight is 441 g/mol. The summed E-state index contributed by atoms with van der Waals surface area (Å²) in [4.78, 5) is 27.5. The summed E-state index contributed by atoms with van der Waals surface area (Å²) in [7, 11) is 0. The molecule has 0 aromatic heterocycles. The Morgan fingerprint density at radius 1 is 0.903 bits per heavy atom. The van der Waals surface area contributed by atoms with Crippen molar-refractivity contribution in [1.29, 1.82) is 0 Å². The Bertz CT molecular complexity index is 857. The molecule has 0 saturated carbocycles. The SMILES string of the molecule is Cc1ccc(CN(C(=O)CSCc2cc(C)cc(C)c2)[C@H](C)C(=O)NCC(C)C)cc1. The zero-order valence-corrected chi connectivity index (χ0v) is 20.5. The number of hydrogen-bond acceptors (Lipinski definition) is 3. The van der Waals surface area contributed by atoms with Gasteiger partial charge in [0.05, 0.1) is 5.75 Å². The highest BCUT2D eigenvalue weighted by Gasteiger charge is 2.26. The van der Waals surface area contributed by atoms with Crippen LogP contribution in [0.4, 0.5) is 0 Å². The number of thioether (sulfide) groups is 1. The lowest BCUT2D eigenvalue weighted by Crippen LogP contribution is -2.48. The molecule has 5 heteroatoms. The summed E-state index contributed by atoms with van der Waals surface area (Å²) in [5.41, 5.74) is 5.90. The highest BCUT2D eigenvalue weighted by Crippen LogP contribution is 2.18. The second-order valence-electron chi connectivity index (χ2n) is 8.81. The number of amides is 2. The van der Waals surface area contributed by atoms with Crippen LogP contribution in [0.3, 0.4) is 0 Å². The number of rotatable bonds is 10. The van der Waals surface area contributed by atoms with Crippen LogP contribution in [-0.4, -0.2) is 35.1 Å². The van der Waals surface area contributed by atoms with E-state index >= 15 is 0 Å². The van der Waals surface area contributed by atoms with E-state index in [4.69, 9.17) is 0 Å². The van der Waals surface area contributed by atoms with Gasteiger partial charge in [0.15, 0.2) is 0 Å². The average Bonchev–Trinajstić information content (AvgIpc) is 2.70. The van der Waals surface area contributed by atoms with Gasteiger partial charge in [-0.1, -0.05) is 73.0 Å². The first kappa shape index (κ1) is 25.0. The quantitative estimate of drug-likeness (QED) is 0.563. The maximum Gasteiger partial charge on any atom is 0.242 e. The smallest absolute Gasteiger partial charge is 0.242 e. The van der Waals surface area contributed by atoms with Crippen LogP contribution in [0.15, 0.2) is 42.5 Å². The van der Waals surface area contributed by atoms with Crippen LogP contribution in [0, 0.1) is 26.7 Å². The van der Waals surface area contributed by atoms with Gasteiger partial charge >= 0.3 is 0 Å². The van der Waals surface area contributed by atoms with E-state index in [1.807, 2.05) is 38.1 Å². The summed E-state index contributed by atoms with van der Waals surface area (Å²) in [5.74, 6) is 1.38. The lowest BCUT2D eigenvalue weighted by atomic mass is 10.1. The lowest BCUT2D eigenvalue weighted by Gasteiger charge is -2.29. The summed E-state index contributed by atoms with van der Waals surface area (Å²) in [6.07, 6.45) is 0. The molecular formula is C26H36N2O2S. The van der Waals surface area contributed by atoms with Gasteiger partial charge in [0.25, 0.3) is 0 Å². The van der Waals surface area contributed by atoms with E-state index in [-0.39, 0.29) is 11.8 Å². The third kappa shape index (κ3) is 8.41. The van der Waals surface area contributed by atoms with Crippen LogP contribution in [0.5, 0.6) is 0 Å². The van der Waals surface area contributed by atoms with Crippen LogP contribution in [0.2, 0.25) is 0 Å². The van der Waals surface area contributed by atoms with Crippen LogP contribution in [0.25, 0.3) is 0 Å². The molecule has 2 aromatic carbocycles. The predicted molar refractivity (Wildman–Crippen MR) is 131 cm³/mol. The summed E-state index contributed by atoms with van der Waals surface area (Å²) in [5, 5.41) is 2.97. The lowest BCUT2D eigenvalue weighted by molar-refractivity contribution is -0.138. The third-order valence-electron chi connectivity index (χ3n) is 5.10. The molecule has 0 bridgehead atoms. The van der Waals surface area contributed by atoms with Crippen molar-refractivity contribution in [2.45, 2.75) is 59.9 Å². The normalized spacial score (nSPS) is 12.0. The molecular weight excluding hydrogens is 404 g/mol. The number of nitrogens with zero attached hydrogens (tertiary/aromatic N) is 1. The molecule has 4 nitrogen and oxygen atoms in total. The van der Waals surface area contributed by atoms with Crippen molar-refractivity contribution in [3.63, 3.8) is 0 Å². The van der Waals surface area contributed by atoms with Crippen molar-refractivity contribution < 1.29 is 9.59 Å². The second-order valence-corrected chi connectivity index (χ2v) is 9.80. The van der Waals surface area contributed by atoms with Crippen molar-refractivity contribution in [3.8, 4) is 0 Å². The van der Waals surface area contributed by atoms with Gasteiger partial charge in [-0.05, 0) is 44.7 Å². The van der Waals surface area contributed by atoms with E-state index in [1.54, 1.807) is 16.7 Å². The highest BCUT2D eigenvalue weighted by atomic mass is 32.2. The Hall–Kier alpha value is -2.27. The molecule has 1 atom stereocenters. The fourth-order valence-electron chi connectivity index (χ4n) is 3.42. The van der Waals surface area contributed by atoms with Gasteiger partial charge in [0.1, 0.15) is 6.04 Å². The largest absolute Gasteiger partial charge is 0.354 e. The van der Waals surface area contributed by atoms with E-state index in [0.717, 1.165) is 11.3 Å². The van der Waals surface area contributed by atoms with Crippen molar-refractivity contribution in [1.82, 2.24) is 10.2 Å². The standard InChI is InChI=1S/C26H36N2O2S/c1-18(2)14-27-26(30)22(6)28(15-23-9-7-19(3)8-10-23)25(29)17-31-16-24-12-20(4)11-21(5)13-24/h7-13,18,22H,14-17H2,1-6H3,(H,27,30)/t22-/m1/s1. The molecule has 0 radical (unpaired) electrons. The van der Waals surface area contributed by atoms with E-state index in [9.17, 15) is 9.59 Å². The highest BCUT2D eigenvalue weighted by molar-refractivity contribution is 7.99. The molecule has 31 heavy (non-hydrogen) atoms. The summed E-state index contributed by atoms with van der Waals surface area (Å²) < 4.78 is 0. The molecule has 0 aliphatic heterocycles. The van der Waals surface area contributed by atoms with Crippen LogP contribution >= 0.6 is 11.8 Å². The number of benzene rings is 2.